The molecule has 0 nitrogen and oxygen atoms in total. The van der Waals surface area contributed by atoms with Crippen molar-refractivity contribution in [2.45, 2.75) is 45.3 Å². The van der Waals surface area contributed by atoms with Gasteiger partial charge in [-0.15, -0.1) is 0 Å². The Bertz CT molecular complexity index is 189. The molecule has 0 spiro atoms. The average molecular weight is 211 g/mol. The zero-order chi connectivity index (χ0) is 10.5. The number of allylic oxidation sites excluding steroid dienone is 3. The summed E-state index contributed by atoms with van der Waals surface area (Å²) in [4.78, 5) is 0. The highest BCUT2D eigenvalue weighted by molar-refractivity contribution is 6.81. The lowest BCUT2D eigenvalue weighted by atomic mass is 10.5. The molecule has 0 N–H and O–H groups in total. The SMILES string of the molecule is C[Si](C)(C)C=C/[C]=C/C[Si](C)(C)C. The van der Waals surface area contributed by atoms with Crippen molar-refractivity contribution in [2.24, 2.45) is 0 Å². The first-order valence-corrected chi connectivity index (χ1v) is 12.2. The Kier molecular flexibility index (Phi) is 4.93. The smallest absolute Gasteiger partial charge is 0.0687 e. The molecule has 0 aliphatic rings. The standard InChI is InChI=1S/C11H23Si2/c1-12(2,3)10-8-7-9-11-13(4,5)6/h8-10H,11H2,1-6H3. The molecule has 0 rings (SSSR count). The summed E-state index contributed by atoms with van der Waals surface area (Å²) in [5, 5.41) is 0. The van der Waals surface area contributed by atoms with Gasteiger partial charge in [0.1, 0.15) is 0 Å². The molecule has 0 aliphatic heterocycles. The molecule has 0 saturated heterocycles. The fourth-order valence-electron chi connectivity index (χ4n) is 0.731. The summed E-state index contributed by atoms with van der Waals surface area (Å²) in [6, 6.07) is 1.24. The van der Waals surface area contributed by atoms with E-state index in [-0.39, 0.29) is 0 Å². The van der Waals surface area contributed by atoms with Crippen molar-refractivity contribution in [2.75, 3.05) is 0 Å². The number of rotatable bonds is 4. The highest BCUT2D eigenvalue weighted by Crippen LogP contribution is 2.08. The van der Waals surface area contributed by atoms with Crippen LogP contribution < -0.4 is 0 Å². The van der Waals surface area contributed by atoms with Crippen LogP contribution in [0.25, 0.3) is 0 Å². The molecule has 13 heavy (non-hydrogen) atoms. The van der Waals surface area contributed by atoms with Crippen LogP contribution in [0.1, 0.15) is 0 Å². The Morgan fingerprint density at radius 3 is 1.92 bits per heavy atom. The van der Waals surface area contributed by atoms with E-state index >= 15 is 0 Å². The summed E-state index contributed by atoms with van der Waals surface area (Å²) in [6.07, 6.45) is 7.56. The van der Waals surface area contributed by atoms with E-state index in [0.717, 1.165) is 0 Å². The molecule has 1 radical (unpaired) electrons. The van der Waals surface area contributed by atoms with E-state index in [1.807, 2.05) is 0 Å². The first kappa shape index (κ1) is 12.9. The van der Waals surface area contributed by atoms with Gasteiger partial charge in [0.2, 0.25) is 0 Å². The summed E-state index contributed by atoms with van der Waals surface area (Å²) in [7, 11) is -1.90. The van der Waals surface area contributed by atoms with Crippen LogP contribution in [0.5, 0.6) is 0 Å². The van der Waals surface area contributed by atoms with Gasteiger partial charge in [0.05, 0.1) is 8.07 Å². The molecule has 0 bridgehead atoms. The molecule has 2 heteroatoms. The van der Waals surface area contributed by atoms with E-state index in [2.05, 4.69) is 63.2 Å². The lowest BCUT2D eigenvalue weighted by Crippen LogP contribution is -2.17. The van der Waals surface area contributed by atoms with Crippen molar-refractivity contribution in [3.63, 3.8) is 0 Å². The Morgan fingerprint density at radius 2 is 1.54 bits per heavy atom. The van der Waals surface area contributed by atoms with Gasteiger partial charge in [0, 0.05) is 8.07 Å². The highest BCUT2D eigenvalue weighted by Gasteiger charge is 2.09. The van der Waals surface area contributed by atoms with Crippen LogP contribution in [0.15, 0.2) is 17.9 Å². The molecule has 0 heterocycles. The summed E-state index contributed by atoms with van der Waals surface area (Å²) in [5.74, 6) is 0. The fourth-order valence-corrected chi connectivity index (χ4v) is 2.06. The lowest BCUT2D eigenvalue weighted by molar-refractivity contribution is 1.50. The summed E-state index contributed by atoms with van der Waals surface area (Å²) < 4.78 is 0. The van der Waals surface area contributed by atoms with Gasteiger partial charge in [0.15, 0.2) is 0 Å². The molecule has 0 aromatic rings. The van der Waals surface area contributed by atoms with Crippen molar-refractivity contribution in [1.82, 2.24) is 0 Å². The van der Waals surface area contributed by atoms with Crippen molar-refractivity contribution >= 4 is 16.1 Å². The predicted octanol–water partition coefficient (Wildman–Crippen LogP) is 4.12. The number of hydrogen-bond donors (Lipinski definition) is 0. The van der Waals surface area contributed by atoms with Crippen molar-refractivity contribution in [1.29, 1.82) is 0 Å². The Labute approximate surface area is 85.8 Å². The van der Waals surface area contributed by atoms with E-state index in [0.29, 0.717) is 0 Å². The minimum absolute atomic E-state index is 0.894. The van der Waals surface area contributed by atoms with Gasteiger partial charge in [-0.2, -0.15) is 0 Å². The van der Waals surface area contributed by atoms with Gasteiger partial charge < -0.3 is 0 Å². The zero-order valence-electron chi connectivity index (χ0n) is 9.94. The van der Waals surface area contributed by atoms with Crippen LogP contribution in [0, 0.1) is 6.08 Å². The van der Waals surface area contributed by atoms with Gasteiger partial charge in [-0.3, -0.25) is 0 Å². The largest absolute Gasteiger partial charge is 0.0944 e. The maximum Gasteiger partial charge on any atom is 0.0687 e. The molecular formula is C11H23Si2. The van der Waals surface area contributed by atoms with Crippen molar-refractivity contribution < 1.29 is 0 Å². The third-order valence-corrected chi connectivity index (χ3v) is 4.11. The molecule has 0 saturated carbocycles. The molecule has 0 aliphatic carbocycles. The first-order valence-electron chi connectivity index (χ1n) is 4.96. The van der Waals surface area contributed by atoms with Crippen molar-refractivity contribution in [3.8, 4) is 0 Å². The Morgan fingerprint density at radius 1 is 1.00 bits per heavy atom. The second kappa shape index (κ2) is 4.96. The van der Waals surface area contributed by atoms with Crippen LogP contribution in [0.4, 0.5) is 0 Å². The molecular weight excluding hydrogens is 188 g/mol. The van der Waals surface area contributed by atoms with Crippen LogP contribution in [0.2, 0.25) is 45.3 Å². The maximum absolute atomic E-state index is 3.26. The normalized spacial score (nSPS) is 14.6. The maximum atomic E-state index is 3.26. The summed E-state index contributed by atoms with van der Waals surface area (Å²) in [5.41, 5.74) is 2.33. The molecule has 0 aromatic heterocycles. The van der Waals surface area contributed by atoms with Crippen LogP contribution >= 0.6 is 0 Å². The molecule has 0 fully saturated rings. The quantitative estimate of drug-likeness (QED) is 0.485. The zero-order valence-corrected chi connectivity index (χ0v) is 11.9. The average Bonchev–Trinajstić information content (AvgIpc) is 1.81. The predicted molar refractivity (Wildman–Crippen MR) is 68.5 cm³/mol. The third-order valence-electron chi connectivity index (χ3n) is 1.51. The molecule has 0 amide bonds. The summed E-state index contributed by atoms with van der Waals surface area (Å²) in [6.45, 7) is 14.2. The van der Waals surface area contributed by atoms with Crippen molar-refractivity contribution in [3.05, 3.63) is 23.9 Å². The van der Waals surface area contributed by atoms with Crippen LogP contribution in [0.3, 0.4) is 0 Å². The minimum atomic E-state index is -1.00. The second-order valence-corrected chi connectivity index (χ2v) is 16.4. The highest BCUT2D eigenvalue weighted by atomic mass is 28.3. The van der Waals surface area contributed by atoms with E-state index < -0.39 is 16.1 Å². The molecule has 75 valence electrons. The van der Waals surface area contributed by atoms with Gasteiger partial charge in [-0.1, -0.05) is 57.1 Å². The molecule has 0 unspecified atom stereocenters. The summed E-state index contributed by atoms with van der Waals surface area (Å²) >= 11 is 0. The lowest BCUT2D eigenvalue weighted by Gasteiger charge is -2.11. The third kappa shape index (κ3) is 11.9. The van der Waals surface area contributed by atoms with Gasteiger partial charge in [-0.05, 0) is 12.1 Å². The van der Waals surface area contributed by atoms with E-state index in [1.54, 1.807) is 0 Å². The van der Waals surface area contributed by atoms with E-state index in [9.17, 15) is 0 Å². The van der Waals surface area contributed by atoms with Crippen LogP contribution in [-0.2, 0) is 0 Å². The van der Waals surface area contributed by atoms with Gasteiger partial charge >= 0.3 is 0 Å². The van der Waals surface area contributed by atoms with Gasteiger partial charge in [-0.25, -0.2) is 0 Å². The monoisotopic (exact) mass is 211 g/mol. The number of hydrogen-bond acceptors (Lipinski definition) is 0. The Hall–Kier alpha value is -0.0862. The fraction of sp³-hybridized carbons (Fsp3) is 0.636. The Balaban J connectivity index is 3.84. The molecule has 0 atom stereocenters. The van der Waals surface area contributed by atoms with Crippen LogP contribution in [-0.4, -0.2) is 16.1 Å². The second-order valence-electron chi connectivity index (χ2n) is 5.83. The van der Waals surface area contributed by atoms with Gasteiger partial charge in [0.25, 0.3) is 0 Å². The molecule has 0 aromatic carbocycles. The minimum Gasteiger partial charge on any atom is -0.0944 e. The van der Waals surface area contributed by atoms with E-state index in [4.69, 9.17) is 0 Å². The first-order chi connectivity index (χ1) is 5.71. The van der Waals surface area contributed by atoms with E-state index in [1.165, 1.54) is 6.04 Å². The topological polar surface area (TPSA) is 0 Å².